The Labute approximate surface area is 109 Å². The molecule has 1 rings (SSSR count). The van der Waals surface area contributed by atoms with E-state index < -0.39 is 11.9 Å². The molecular weight excluding hydrogens is 232 g/mol. The predicted octanol–water partition coefficient (Wildman–Crippen LogP) is 2.09. The highest BCUT2D eigenvalue weighted by molar-refractivity contribution is 6.00. The molecule has 1 N–H and O–H groups in total. The van der Waals surface area contributed by atoms with Gasteiger partial charge in [0.05, 0.1) is 13.2 Å². The number of hydrogen-bond donors (Lipinski definition) is 1. The number of esters is 1. The van der Waals surface area contributed by atoms with Gasteiger partial charge in [0, 0.05) is 12.3 Å². The molecule has 18 heavy (non-hydrogen) atoms. The molecule has 1 fully saturated rings. The summed E-state index contributed by atoms with van der Waals surface area (Å²) in [7, 11) is 0. The van der Waals surface area contributed by atoms with Gasteiger partial charge in [-0.25, -0.2) is 0 Å². The summed E-state index contributed by atoms with van der Waals surface area (Å²) in [4.78, 5) is 23.3. The zero-order valence-corrected chi connectivity index (χ0v) is 11.2. The van der Waals surface area contributed by atoms with Gasteiger partial charge in [-0.15, -0.1) is 0 Å². The number of rotatable bonds is 9. The summed E-state index contributed by atoms with van der Waals surface area (Å²) in [6.45, 7) is 2.20. The van der Waals surface area contributed by atoms with Gasteiger partial charge in [-0.1, -0.05) is 39.0 Å². The first kappa shape index (κ1) is 15.2. The number of ketones is 1. The van der Waals surface area contributed by atoms with Crippen LogP contribution in [0.3, 0.4) is 0 Å². The van der Waals surface area contributed by atoms with Gasteiger partial charge in [0.25, 0.3) is 0 Å². The fourth-order valence-corrected chi connectivity index (χ4v) is 2.36. The van der Waals surface area contributed by atoms with Crippen LogP contribution in [0.15, 0.2) is 0 Å². The summed E-state index contributed by atoms with van der Waals surface area (Å²) in [5, 5.41) is 9.09. The van der Waals surface area contributed by atoms with Crippen LogP contribution in [0, 0.1) is 11.8 Å². The maximum absolute atomic E-state index is 11.9. The molecule has 1 heterocycles. The van der Waals surface area contributed by atoms with Gasteiger partial charge < -0.3 is 9.84 Å². The molecule has 0 saturated carbocycles. The largest absolute Gasteiger partial charge is 0.465 e. The molecule has 1 saturated heterocycles. The fraction of sp³-hybridized carbons (Fsp3) is 0.857. The molecule has 0 spiro atoms. The molecule has 1 aliphatic rings. The summed E-state index contributed by atoms with van der Waals surface area (Å²) < 4.78 is 4.83. The van der Waals surface area contributed by atoms with Crippen LogP contribution in [0.5, 0.6) is 0 Å². The first-order valence-corrected chi connectivity index (χ1v) is 7.01. The molecule has 0 aromatic rings. The van der Waals surface area contributed by atoms with Crippen molar-refractivity contribution < 1.29 is 19.4 Å². The van der Waals surface area contributed by atoms with Crippen molar-refractivity contribution in [2.24, 2.45) is 11.8 Å². The molecule has 4 nitrogen and oxygen atoms in total. The Balaban J connectivity index is 2.21. The summed E-state index contributed by atoms with van der Waals surface area (Å²) >= 11 is 0. The first-order chi connectivity index (χ1) is 8.70. The monoisotopic (exact) mass is 256 g/mol. The predicted molar refractivity (Wildman–Crippen MR) is 68.0 cm³/mol. The molecule has 1 aliphatic heterocycles. The van der Waals surface area contributed by atoms with Crippen LogP contribution in [0.1, 0.15) is 51.9 Å². The number of hydrogen-bond acceptors (Lipinski definition) is 4. The molecule has 104 valence electrons. The average Bonchev–Trinajstić information content (AvgIpc) is 2.74. The number of Topliss-reactive ketones (excluding diaryl/α,β-unsaturated/α-hetero) is 1. The molecule has 0 aliphatic carbocycles. The van der Waals surface area contributed by atoms with Crippen LogP contribution in [-0.4, -0.2) is 30.1 Å². The Morgan fingerprint density at radius 1 is 1.28 bits per heavy atom. The number of ether oxygens (including phenoxy) is 1. The normalized spacial score (nSPS) is 23.1. The number of cyclic esters (lactones) is 1. The van der Waals surface area contributed by atoms with Crippen LogP contribution in [0.4, 0.5) is 0 Å². The van der Waals surface area contributed by atoms with E-state index in [9.17, 15) is 9.59 Å². The minimum atomic E-state index is -0.717. The average molecular weight is 256 g/mol. The van der Waals surface area contributed by atoms with Gasteiger partial charge in [-0.2, -0.15) is 0 Å². The van der Waals surface area contributed by atoms with Crippen LogP contribution in [-0.2, 0) is 14.3 Å². The maximum Gasteiger partial charge on any atom is 0.316 e. The van der Waals surface area contributed by atoms with E-state index in [4.69, 9.17) is 9.84 Å². The van der Waals surface area contributed by atoms with E-state index >= 15 is 0 Å². The summed E-state index contributed by atoms with van der Waals surface area (Å²) in [5.41, 5.74) is 0. The lowest BCUT2D eigenvalue weighted by Gasteiger charge is -2.11. The highest BCUT2D eigenvalue weighted by atomic mass is 16.5. The number of carbonyl (C=O) groups is 2. The van der Waals surface area contributed by atoms with Crippen molar-refractivity contribution in [2.75, 3.05) is 13.2 Å². The second-order valence-electron chi connectivity index (χ2n) is 5.03. The van der Waals surface area contributed by atoms with E-state index in [-0.39, 0.29) is 24.9 Å². The third-order valence-corrected chi connectivity index (χ3v) is 3.52. The van der Waals surface area contributed by atoms with Gasteiger partial charge >= 0.3 is 5.97 Å². The minimum Gasteiger partial charge on any atom is -0.465 e. The van der Waals surface area contributed by atoms with Gasteiger partial charge in [0.15, 0.2) is 0 Å². The Bertz CT molecular complexity index is 275. The van der Waals surface area contributed by atoms with E-state index in [1.165, 1.54) is 19.3 Å². The third kappa shape index (κ3) is 4.41. The molecule has 0 aromatic heterocycles. The zero-order valence-electron chi connectivity index (χ0n) is 11.2. The highest BCUT2D eigenvalue weighted by Gasteiger charge is 2.40. The SMILES string of the molecule is CCCCCCCCC(=O)C1C(=O)OCC1CO. The molecule has 0 radical (unpaired) electrons. The topological polar surface area (TPSA) is 63.6 Å². The van der Waals surface area contributed by atoms with E-state index in [2.05, 4.69) is 6.92 Å². The van der Waals surface area contributed by atoms with Crippen LogP contribution in [0.25, 0.3) is 0 Å². The lowest BCUT2D eigenvalue weighted by atomic mass is 9.89. The lowest BCUT2D eigenvalue weighted by Crippen LogP contribution is -2.27. The van der Waals surface area contributed by atoms with Crippen LogP contribution < -0.4 is 0 Å². The molecule has 2 atom stereocenters. The van der Waals surface area contributed by atoms with Crippen molar-refractivity contribution in [1.82, 2.24) is 0 Å². The second kappa shape index (κ2) is 8.25. The second-order valence-corrected chi connectivity index (χ2v) is 5.03. The lowest BCUT2D eigenvalue weighted by molar-refractivity contribution is -0.144. The van der Waals surface area contributed by atoms with E-state index in [0.29, 0.717) is 6.42 Å². The molecule has 4 heteroatoms. The first-order valence-electron chi connectivity index (χ1n) is 7.01. The number of aliphatic hydroxyl groups excluding tert-OH is 1. The van der Waals surface area contributed by atoms with Crippen molar-refractivity contribution in [2.45, 2.75) is 51.9 Å². The molecule has 0 aromatic carbocycles. The van der Waals surface area contributed by atoms with Crippen molar-refractivity contribution >= 4 is 11.8 Å². The fourth-order valence-electron chi connectivity index (χ4n) is 2.36. The standard InChI is InChI=1S/C14H24O4/c1-2-3-4-5-6-7-8-12(16)13-11(9-15)10-18-14(13)17/h11,13,15H,2-10H2,1H3. The third-order valence-electron chi connectivity index (χ3n) is 3.52. The smallest absolute Gasteiger partial charge is 0.316 e. The van der Waals surface area contributed by atoms with Crippen molar-refractivity contribution in [3.63, 3.8) is 0 Å². The van der Waals surface area contributed by atoms with Gasteiger partial charge in [0.1, 0.15) is 11.7 Å². The van der Waals surface area contributed by atoms with Gasteiger partial charge in [-0.3, -0.25) is 9.59 Å². The summed E-state index contributed by atoms with van der Waals surface area (Å²) in [6, 6.07) is 0. The quantitative estimate of drug-likeness (QED) is 0.390. The van der Waals surface area contributed by atoms with Crippen LogP contribution in [0.2, 0.25) is 0 Å². The number of aliphatic hydroxyl groups is 1. The van der Waals surface area contributed by atoms with Gasteiger partial charge in [-0.05, 0) is 6.42 Å². The van der Waals surface area contributed by atoms with E-state index in [1.54, 1.807) is 0 Å². The summed E-state index contributed by atoms with van der Waals surface area (Å²) in [6.07, 6.45) is 7.14. The van der Waals surface area contributed by atoms with Crippen molar-refractivity contribution in [3.8, 4) is 0 Å². The Kier molecular flexibility index (Phi) is 6.94. The maximum atomic E-state index is 11.9. The van der Waals surface area contributed by atoms with Crippen molar-refractivity contribution in [1.29, 1.82) is 0 Å². The molecule has 0 bridgehead atoms. The number of carbonyl (C=O) groups excluding carboxylic acids is 2. The Morgan fingerprint density at radius 3 is 2.61 bits per heavy atom. The molecule has 2 unspecified atom stereocenters. The zero-order chi connectivity index (χ0) is 13.4. The Morgan fingerprint density at radius 2 is 1.94 bits per heavy atom. The van der Waals surface area contributed by atoms with Crippen molar-refractivity contribution in [3.05, 3.63) is 0 Å². The van der Waals surface area contributed by atoms with E-state index in [1.807, 2.05) is 0 Å². The highest BCUT2D eigenvalue weighted by Crippen LogP contribution is 2.24. The van der Waals surface area contributed by atoms with Crippen LogP contribution >= 0.6 is 0 Å². The number of unbranched alkanes of at least 4 members (excludes halogenated alkanes) is 5. The molecular formula is C14H24O4. The van der Waals surface area contributed by atoms with Gasteiger partial charge in [0.2, 0.25) is 0 Å². The minimum absolute atomic E-state index is 0.0629. The summed E-state index contributed by atoms with van der Waals surface area (Å²) in [5.74, 6) is -1.56. The molecule has 0 amide bonds. The van der Waals surface area contributed by atoms with E-state index in [0.717, 1.165) is 19.3 Å². The Hall–Kier alpha value is -0.900.